The number of hydrogen-bond acceptors (Lipinski definition) is 4. The molecular formula is C7H9NNa2O6S2. The van der Waals surface area contributed by atoms with Crippen molar-refractivity contribution in [2.45, 2.75) is 6.92 Å². The van der Waals surface area contributed by atoms with Gasteiger partial charge in [-0.15, -0.1) is 3.71 Å². The summed E-state index contributed by atoms with van der Waals surface area (Å²) >= 11 is 0. The molecule has 0 aromatic heterocycles. The van der Waals surface area contributed by atoms with E-state index in [9.17, 15) is 16.8 Å². The normalized spacial score (nSPS) is 11.1. The smallest absolute Gasteiger partial charge is 0.268 e. The van der Waals surface area contributed by atoms with E-state index in [1.165, 1.54) is 19.1 Å². The first kappa shape index (κ1) is 21.1. The molecule has 0 fully saturated rings. The maximum Gasteiger partial charge on any atom is 0.375 e. The Morgan fingerprint density at radius 3 is 1.67 bits per heavy atom. The molecule has 11 heteroatoms. The Labute approximate surface area is 150 Å². The topological polar surface area (TPSA) is 112 Å². The van der Waals surface area contributed by atoms with Crippen molar-refractivity contribution in [1.29, 1.82) is 0 Å². The molecule has 0 unspecified atom stereocenters. The Morgan fingerprint density at radius 1 is 0.944 bits per heavy atom. The van der Waals surface area contributed by atoms with E-state index in [1.54, 1.807) is 6.07 Å². The van der Waals surface area contributed by atoms with Gasteiger partial charge in [-0.05, 0) is 18.6 Å². The Balaban J connectivity index is 0. The molecule has 1 rings (SSSR count). The zero-order valence-electron chi connectivity index (χ0n) is 10.1. The minimum atomic E-state index is -5.10. The fourth-order valence-corrected chi connectivity index (χ4v) is 2.99. The molecule has 1 aromatic rings. The second-order valence-electron chi connectivity index (χ2n) is 2.94. The number of nitrogens with zero attached hydrogens (tertiary/aromatic N) is 1. The maximum atomic E-state index is 10.9. The van der Waals surface area contributed by atoms with Crippen LogP contribution in [-0.2, 0) is 20.6 Å². The quantitative estimate of drug-likeness (QED) is 0.582. The van der Waals surface area contributed by atoms with Crippen LogP contribution < -0.4 is 3.71 Å². The first-order valence-electron chi connectivity index (χ1n) is 3.95. The zero-order valence-corrected chi connectivity index (χ0v) is 15.7. The summed E-state index contributed by atoms with van der Waals surface area (Å²) in [5, 5.41) is 0. The minimum absolute atomic E-state index is 0. The van der Waals surface area contributed by atoms with Gasteiger partial charge in [-0.1, -0.05) is 18.2 Å². The molecule has 1 aromatic carbocycles. The zero-order chi connectivity index (χ0) is 12.6. The second-order valence-corrected chi connectivity index (χ2v) is 5.69. The molecule has 2 radical (unpaired) electrons. The van der Waals surface area contributed by atoms with Gasteiger partial charge in [0.1, 0.15) is 0 Å². The summed E-state index contributed by atoms with van der Waals surface area (Å²) in [6.07, 6.45) is 0. The van der Waals surface area contributed by atoms with Gasteiger partial charge in [0.05, 0.1) is 5.69 Å². The molecule has 0 aliphatic heterocycles. The number of hydrogen-bond donors (Lipinski definition) is 2. The molecule has 0 saturated heterocycles. The van der Waals surface area contributed by atoms with Crippen LogP contribution in [0.1, 0.15) is 5.56 Å². The third-order valence-corrected chi connectivity index (χ3v) is 4.09. The van der Waals surface area contributed by atoms with Gasteiger partial charge < -0.3 is 0 Å². The molecule has 2 N–H and O–H groups in total. The predicted octanol–water partition coefficient (Wildman–Crippen LogP) is -0.355. The van der Waals surface area contributed by atoms with E-state index in [-0.39, 0.29) is 70.4 Å². The van der Waals surface area contributed by atoms with Gasteiger partial charge in [0.15, 0.2) is 0 Å². The molecule has 0 atom stereocenters. The number of aryl methyl sites for hydroxylation is 1. The van der Waals surface area contributed by atoms with Gasteiger partial charge >= 0.3 is 20.6 Å². The third kappa shape index (κ3) is 5.45. The number of rotatable bonds is 3. The van der Waals surface area contributed by atoms with Crippen LogP contribution in [0.15, 0.2) is 24.3 Å². The van der Waals surface area contributed by atoms with Crippen LogP contribution in [0.25, 0.3) is 0 Å². The monoisotopic (exact) mass is 313 g/mol. The van der Waals surface area contributed by atoms with Crippen molar-refractivity contribution < 1.29 is 25.9 Å². The molecule has 18 heavy (non-hydrogen) atoms. The largest absolute Gasteiger partial charge is 0.375 e. The SMILES string of the molecule is Cc1ccccc1N(S(=O)(=O)O)S(=O)(=O)O.[Na].[Na]. The molecule has 0 amide bonds. The van der Waals surface area contributed by atoms with Gasteiger partial charge in [0, 0.05) is 59.1 Å². The summed E-state index contributed by atoms with van der Waals surface area (Å²) < 4.78 is 60.5. The van der Waals surface area contributed by atoms with E-state index in [4.69, 9.17) is 9.11 Å². The van der Waals surface area contributed by atoms with Crippen molar-refractivity contribution in [3.63, 3.8) is 0 Å². The van der Waals surface area contributed by atoms with Crippen LogP contribution in [-0.4, -0.2) is 85.1 Å². The standard InChI is InChI=1S/C7H9NO6S2.2Na/c1-6-4-2-3-5-7(6)8(15(9,10)11)16(12,13)14;;/h2-5H,1H3,(H,9,10,11)(H,12,13,14);;. The Kier molecular flexibility index (Phi) is 8.90. The molecule has 0 saturated carbocycles. The fourth-order valence-electron chi connectivity index (χ4n) is 1.14. The average molecular weight is 313 g/mol. The molecule has 0 heterocycles. The van der Waals surface area contributed by atoms with E-state index in [0.717, 1.165) is 6.07 Å². The van der Waals surface area contributed by atoms with Crippen molar-refractivity contribution in [3.8, 4) is 0 Å². The van der Waals surface area contributed by atoms with Crippen LogP contribution in [0.3, 0.4) is 0 Å². The minimum Gasteiger partial charge on any atom is -0.268 e. The van der Waals surface area contributed by atoms with Gasteiger partial charge in [-0.2, -0.15) is 16.8 Å². The summed E-state index contributed by atoms with van der Waals surface area (Å²) in [4.78, 5) is 0. The molecule has 7 nitrogen and oxygen atoms in total. The average Bonchev–Trinajstić information content (AvgIpc) is 2.03. The van der Waals surface area contributed by atoms with Gasteiger partial charge in [0.2, 0.25) is 0 Å². The van der Waals surface area contributed by atoms with Crippen LogP contribution in [0.4, 0.5) is 5.69 Å². The molecule has 0 aliphatic rings. The summed E-state index contributed by atoms with van der Waals surface area (Å²) in [5.41, 5.74) is -0.0785. The van der Waals surface area contributed by atoms with Crippen LogP contribution in [0, 0.1) is 6.92 Å². The number of para-hydroxylation sites is 1. The molecular weight excluding hydrogens is 304 g/mol. The number of benzene rings is 1. The van der Waals surface area contributed by atoms with Gasteiger partial charge in [0.25, 0.3) is 0 Å². The van der Waals surface area contributed by atoms with E-state index < -0.39 is 24.3 Å². The van der Waals surface area contributed by atoms with E-state index in [1.807, 2.05) is 0 Å². The Bertz CT molecular complexity index is 568. The summed E-state index contributed by atoms with van der Waals surface area (Å²) in [6.45, 7) is 1.43. The van der Waals surface area contributed by atoms with Gasteiger partial charge in [-0.25, -0.2) is 0 Å². The predicted molar refractivity (Wildman–Crippen MR) is 68.3 cm³/mol. The fraction of sp³-hybridized carbons (Fsp3) is 0.143. The maximum absolute atomic E-state index is 10.9. The van der Waals surface area contributed by atoms with Crippen LogP contribution in [0.5, 0.6) is 0 Å². The van der Waals surface area contributed by atoms with Crippen LogP contribution in [0.2, 0.25) is 0 Å². The van der Waals surface area contributed by atoms with Crippen LogP contribution >= 0.6 is 0 Å². The van der Waals surface area contributed by atoms with Crippen molar-refractivity contribution in [2.75, 3.05) is 3.71 Å². The Hall–Kier alpha value is 0.840. The van der Waals surface area contributed by atoms with Crippen molar-refractivity contribution in [1.82, 2.24) is 0 Å². The molecule has 0 spiro atoms. The van der Waals surface area contributed by atoms with E-state index in [0.29, 0.717) is 0 Å². The summed E-state index contributed by atoms with van der Waals surface area (Å²) in [5.74, 6) is 0. The summed E-state index contributed by atoms with van der Waals surface area (Å²) in [6, 6.07) is 5.48. The van der Waals surface area contributed by atoms with Crippen molar-refractivity contribution >= 4 is 85.4 Å². The first-order chi connectivity index (χ1) is 7.14. The second kappa shape index (κ2) is 7.58. The summed E-state index contributed by atoms with van der Waals surface area (Å²) in [7, 11) is -10.2. The first-order valence-corrected chi connectivity index (χ1v) is 6.74. The molecule has 0 bridgehead atoms. The van der Waals surface area contributed by atoms with Gasteiger partial charge in [-0.3, -0.25) is 9.11 Å². The van der Waals surface area contributed by atoms with E-state index in [2.05, 4.69) is 0 Å². The van der Waals surface area contributed by atoms with Crippen molar-refractivity contribution in [2.24, 2.45) is 0 Å². The Morgan fingerprint density at radius 2 is 1.33 bits per heavy atom. The molecule has 0 aliphatic carbocycles. The van der Waals surface area contributed by atoms with E-state index >= 15 is 0 Å². The van der Waals surface area contributed by atoms with Crippen molar-refractivity contribution in [3.05, 3.63) is 29.8 Å². The molecule has 92 valence electrons. The third-order valence-electron chi connectivity index (χ3n) is 1.73. The number of anilines is 1.